The Morgan fingerprint density at radius 1 is 1.30 bits per heavy atom. The number of amides is 1. The second-order valence-electron chi connectivity index (χ2n) is 5.11. The van der Waals surface area contributed by atoms with E-state index in [2.05, 4.69) is 24.1 Å². The number of rotatable bonds is 9. The number of nitrogens with two attached hydrogens (primary N) is 1. The lowest BCUT2D eigenvalue weighted by Crippen LogP contribution is -2.58. The monoisotopic (exact) mass is 277 g/mol. The first-order valence-corrected chi connectivity index (χ1v) is 7.37. The number of benzene rings is 1. The van der Waals surface area contributed by atoms with E-state index in [9.17, 15) is 4.79 Å². The van der Waals surface area contributed by atoms with Gasteiger partial charge in [0.25, 0.3) is 0 Å². The summed E-state index contributed by atoms with van der Waals surface area (Å²) < 4.78 is 0. The second-order valence-corrected chi connectivity index (χ2v) is 5.11. The Hall–Kier alpha value is -1.39. The Morgan fingerprint density at radius 2 is 1.95 bits per heavy atom. The van der Waals surface area contributed by atoms with Gasteiger partial charge in [-0.05, 0) is 32.1 Å². The third-order valence-corrected chi connectivity index (χ3v) is 3.85. The zero-order chi connectivity index (χ0) is 15.0. The maximum atomic E-state index is 12.1. The fourth-order valence-corrected chi connectivity index (χ4v) is 2.45. The largest absolute Gasteiger partial charge is 0.368 e. The van der Waals surface area contributed by atoms with Crippen molar-refractivity contribution in [3.8, 4) is 0 Å². The number of nitrogens with one attached hydrogen (secondary N) is 1. The highest BCUT2D eigenvalue weighted by atomic mass is 16.1. The molecule has 3 N–H and O–H groups in total. The van der Waals surface area contributed by atoms with Crippen molar-refractivity contribution in [2.75, 3.05) is 26.7 Å². The predicted molar refractivity (Wildman–Crippen MR) is 83.4 cm³/mol. The Kier molecular flexibility index (Phi) is 6.68. The van der Waals surface area contributed by atoms with Crippen LogP contribution in [0.15, 0.2) is 30.3 Å². The lowest BCUT2D eigenvalue weighted by atomic mass is 9.88. The fraction of sp³-hybridized carbons (Fsp3) is 0.562. The van der Waals surface area contributed by atoms with Crippen LogP contribution in [0.1, 0.15) is 32.3 Å². The lowest BCUT2D eigenvalue weighted by Gasteiger charge is -2.36. The van der Waals surface area contributed by atoms with Crippen LogP contribution < -0.4 is 11.1 Å². The molecule has 0 aliphatic rings. The van der Waals surface area contributed by atoms with Crippen LogP contribution in [0.4, 0.5) is 0 Å². The van der Waals surface area contributed by atoms with E-state index in [-0.39, 0.29) is 5.91 Å². The van der Waals surface area contributed by atoms with Gasteiger partial charge in [0.1, 0.15) is 5.54 Å². The van der Waals surface area contributed by atoms with Crippen molar-refractivity contribution < 1.29 is 4.79 Å². The topological polar surface area (TPSA) is 58.4 Å². The molecule has 1 amide bonds. The zero-order valence-corrected chi connectivity index (χ0v) is 12.9. The van der Waals surface area contributed by atoms with Gasteiger partial charge in [-0.25, -0.2) is 0 Å². The van der Waals surface area contributed by atoms with Gasteiger partial charge in [-0.1, -0.05) is 50.6 Å². The van der Waals surface area contributed by atoms with E-state index >= 15 is 0 Å². The number of likely N-dealkylation sites (N-methyl/N-ethyl adjacent to an activating group) is 2. The van der Waals surface area contributed by atoms with Gasteiger partial charge in [0.05, 0.1) is 0 Å². The molecule has 0 radical (unpaired) electrons. The number of hydrogen-bond acceptors (Lipinski definition) is 3. The lowest BCUT2D eigenvalue weighted by molar-refractivity contribution is -0.125. The minimum Gasteiger partial charge on any atom is -0.368 e. The predicted octanol–water partition coefficient (Wildman–Crippen LogP) is 1.71. The molecule has 20 heavy (non-hydrogen) atoms. The van der Waals surface area contributed by atoms with E-state index in [4.69, 9.17) is 5.73 Å². The molecule has 0 saturated carbocycles. The summed E-state index contributed by atoms with van der Waals surface area (Å²) in [5.41, 5.74) is 5.81. The average Bonchev–Trinajstić information content (AvgIpc) is 2.48. The molecule has 1 aromatic carbocycles. The Morgan fingerprint density at radius 3 is 2.40 bits per heavy atom. The highest BCUT2D eigenvalue weighted by Crippen LogP contribution is 2.22. The third kappa shape index (κ3) is 3.81. The van der Waals surface area contributed by atoms with Gasteiger partial charge in [-0.3, -0.25) is 4.79 Å². The van der Waals surface area contributed by atoms with Crippen LogP contribution in [-0.2, 0) is 10.3 Å². The molecule has 0 aromatic heterocycles. The molecule has 0 aliphatic heterocycles. The number of nitrogens with zero attached hydrogens (tertiary/aromatic N) is 1. The molecule has 0 heterocycles. The smallest absolute Gasteiger partial charge is 0.243 e. The van der Waals surface area contributed by atoms with Crippen molar-refractivity contribution in [2.45, 2.75) is 32.2 Å². The molecule has 4 heteroatoms. The highest BCUT2D eigenvalue weighted by Gasteiger charge is 2.38. The van der Waals surface area contributed by atoms with Crippen molar-refractivity contribution >= 4 is 5.91 Å². The van der Waals surface area contributed by atoms with Crippen molar-refractivity contribution in [2.24, 2.45) is 5.73 Å². The first kappa shape index (κ1) is 16.7. The van der Waals surface area contributed by atoms with E-state index in [0.717, 1.165) is 31.5 Å². The molecule has 112 valence electrons. The summed E-state index contributed by atoms with van der Waals surface area (Å²) in [5, 5.41) is 3.16. The number of unbranched alkanes of at least 4 members (excludes halogenated alkanes) is 1. The number of carbonyl (C=O) groups is 1. The summed E-state index contributed by atoms with van der Waals surface area (Å²) >= 11 is 0. The van der Waals surface area contributed by atoms with E-state index in [1.807, 2.05) is 30.3 Å². The molecule has 1 unspecified atom stereocenters. The zero-order valence-electron chi connectivity index (χ0n) is 12.9. The van der Waals surface area contributed by atoms with Gasteiger partial charge in [-0.2, -0.15) is 0 Å². The third-order valence-electron chi connectivity index (χ3n) is 3.85. The maximum Gasteiger partial charge on any atom is 0.243 e. The molecule has 1 rings (SSSR count). The van der Waals surface area contributed by atoms with Crippen LogP contribution in [0.5, 0.6) is 0 Å². The summed E-state index contributed by atoms with van der Waals surface area (Å²) in [5.74, 6) is -0.332. The van der Waals surface area contributed by atoms with Crippen molar-refractivity contribution in [1.29, 1.82) is 0 Å². The van der Waals surface area contributed by atoms with Gasteiger partial charge in [0.15, 0.2) is 0 Å². The number of hydrogen-bond donors (Lipinski definition) is 2. The molecule has 0 bridgehead atoms. The van der Waals surface area contributed by atoms with Crippen LogP contribution in [-0.4, -0.2) is 37.5 Å². The minimum absolute atomic E-state index is 0.332. The molecular formula is C16H27N3O. The first-order valence-electron chi connectivity index (χ1n) is 7.37. The maximum absolute atomic E-state index is 12.1. The molecule has 4 nitrogen and oxygen atoms in total. The molecular weight excluding hydrogens is 250 g/mol. The molecule has 0 fully saturated rings. The number of primary amides is 1. The van der Waals surface area contributed by atoms with Crippen molar-refractivity contribution in [3.63, 3.8) is 0 Å². The first-order chi connectivity index (χ1) is 9.60. The van der Waals surface area contributed by atoms with Crippen LogP contribution in [0.25, 0.3) is 0 Å². The van der Waals surface area contributed by atoms with E-state index < -0.39 is 5.54 Å². The van der Waals surface area contributed by atoms with E-state index in [1.54, 1.807) is 7.05 Å². The minimum atomic E-state index is -0.828. The Bertz CT molecular complexity index is 407. The Balaban J connectivity index is 3.03. The van der Waals surface area contributed by atoms with Gasteiger partial charge >= 0.3 is 0 Å². The van der Waals surface area contributed by atoms with Crippen LogP contribution in [0, 0.1) is 0 Å². The normalized spacial score (nSPS) is 14.2. The van der Waals surface area contributed by atoms with Crippen LogP contribution in [0.2, 0.25) is 0 Å². The standard InChI is InChI=1S/C16H27N3O/c1-4-6-12-19(5-2)13-16(18-3,15(17)20)14-10-8-7-9-11-14/h7-11,18H,4-6,12-13H2,1-3H3,(H2,17,20). The molecule has 0 spiro atoms. The Labute approximate surface area is 122 Å². The van der Waals surface area contributed by atoms with E-state index in [1.165, 1.54) is 0 Å². The summed E-state index contributed by atoms with van der Waals surface area (Å²) in [4.78, 5) is 14.4. The molecule has 0 saturated heterocycles. The van der Waals surface area contributed by atoms with Crippen molar-refractivity contribution in [3.05, 3.63) is 35.9 Å². The molecule has 1 atom stereocenters. The molecule has 1 aromatic rings. The van der Waals surface area contributed by atoms with Gasteiger partial charge in [0, 0.05) is 6.54 Å². The van der Waals surface area contributed by atoms with Gasteiger partial charge in [-0.15, -0.1) is 0 Å². The van der Waals surface area contributed by atoms with Crippen LogP contribution >= 0.6 is 0 Å². The van der Waals surface area contributed by atoms with Gasteiger partial charge in [0.2, 0.25) is 5.91 Å². The van der Waals surface area contributed by atoms with E-state index in [0.29, 0.717) is 6.54 Å². The van der Waals surface area contributed by atoms with Gasteiger partial charge < -0.3 is 16.0 Å². The van der Waals surface area contributed by atoms with Crippen LogP contribution in [0.3, 0.4) is 0 Å². The SMILES string of the molecule is CCCCN(CC)CC(NC)(C(N)=O)c1ccccc1. The summed E-state index contributed by atoms with van der Waals surface area (Å²) in [6.45, 7) is 6.77. The second kappa shape index (κ2) is 8.02. The quantitative estimate of drug-likeness (QED) is 0.722. The summed E-state index contributed by atoms with van der Waals surface area (Å²) in [7, 11) is 1.80. The highest BCUT2D eigenvalue weighted by molar-refractivity contribution is 5.86. The average molecular weight is 277 g/mol. The van der Waals surface area contributed by atoms with Crippen molar-refractivity contribution in [1.82, 2.24) is 10.2 Å². The number of carbonyl (C=O) groups excluding carboxylic acids is 1. The summed E-state index contributed by atoms with van der Waals surface area (Å²) in [6, 6.07) is 9.73. The summed E-state index contributed by atoms with van der Waals surface area (Å²) in [6.07, 6.45) is 2.27. The molecule has 0 aliphatic carbocycles. The fourth-order valence-electron chi connectivity index (χ4n) is 2.45.